The summed E-state index contributed by atoms with van der Waals surface area (Å²) in [6, 6.07) is 2.05. The van der Waals surface area contributed by atoms with E-state index in [-0.39, 0.29) is 17.0 Å². The molecule has 1 aliphatic rings. The Morgan fingerprint density at radius 3 is 2.67 bits per heavy atom. The molecule has 0 radical (unpaired) electrons. The number of rotatable bonds is 4. The van der Waals surface area contributed by atoms with Gasteiger partial charge in [-0.1, -0.05) is 6.92 Å². The minimum atomic E-state index is -4.22. The van der Waals surface area contributed by atoms with Crippen LogP contribution in [0.5, 0.6) is 0 Å². The number of fused-ring (bicyclic) bond motifs is 1. The van der Waals surface area contributed by atoms with Crippen LogP contribution in [-0.4, -0.2) is 35.3 Å². The lowest BCUT2D eigenvalue weighted by molar-refractivity contribution is -0.126. The number of thiophene rings is 1. The Bertz CT molecular complexity index is 728. The third kappa shape index (κ3) is 3.64. The molecule has 0 unspecified atom stereocenters. The fourth-order valence-corrected chi connectivity index (χ4v) is 4.30. The molecule has 0 amide bonds. The van der Waals surface area contributed by atoms with Gasteiger partial charge >= 0.3 is 6.18 Å². The number of aryl methyl sites for hydroxylation is 1. The van der Waals surface area contributed by atoms with Gasteiger partial charge in [0, 0.05) is 30.4 Å². The van der Waals surface area contributed by atoms with Crippen molar-refractivity contribution in [2.24, 2.45) is 5.73 Å². The van der Waals surface area contributed by atoms with Gasteiger partial charge in [0.1, 0.15) is 16.5 Å². The predicted molar refractivity (Wildman–Crippen MR) is 90.6 cm³/mol. The summed E-state index contributed by atoms with van der Waals surface area (Å²) in [7, 11) is 1.95. The van der Waals surface area contributed by atoms with Gasteiger partial charge in [0.15, 0.2) is 0 Å². The average Bonchev–Trinajstić information content (AvgIpc) is 3.09. The lowest BCUT2D eigenvalue weighted by Gasteiger charge is -2.26. The number of nitrogens with zero attached hydrogens (tertiary/aromatic N) is 3. The molecule has 24 heavy (non-hydrogen) atoms. The van der Waals surface area contributed by atoms with E-state index in [9.17, 15) is 13.2 Å². The van der Waals surface area contributed by atoms with E-state index in [1.54, 1.807) is 6.07 Å². The van der Waals surface area contributed by atoms with Crippen molar-refractivity contribution >= 4 is 27.4 Å². The molecular weight excluding hydrogens is 337 g/mol. The lowest BCUT2D eigenvalue weighted by atomic mass is 10.2. The van der Waals surface area contributed by atoms with Gasteiger partial charge in [0.25, 0.3) is 0 Å². The summed E-state index contributed by atoms with van der Waals surface area (Å²) in [6.07, 6.45) is -1.67. The number of aromatic nitrogens is 2. The van der Waals surface area contributed by atoms with Gasteiger partial charge in [-0.2, -0.15) is 13.2 Å². The number of anilines is 1. The van der Waals surface area contributed by atoms with Crippen LogP contribution < -0.4 is 10.6 Å². The molecule has 1 aliphatic carbocycles. The Hall–Kier alpha value is -1.41. The normalized spacial score (nSPS) is 21.6. The largest absolute Gasteiger partial charge is 0.393 e. The highest BCUT2D eigenvalue weighted by Crippen LogP contribution is 2.36. The van der Waals surface area contributed by atoms with Crippen LogP contribution in [0.25, 0.3) is 10.2 Å². The molecule has 132 valence electrons. The maximum absolute atomic E-state index is 12.7. The first-order valence-corrected chi connectivity index (χ1v) is 8.93. The first kappa shape index (κ1) is 17.4. The van der Waals surface area contributed by atoms with Crippen LogP contribution in [0.15, 0.2) is 6.07 Å². The second-order valence-electron chi connectivity index (χ2n) is 6.38. The van der Waals surface area contributed by atoms with Crippen molar-refractivity contribution < 1.29 is 13.2 Å². The highest BCUT2D eigenvalue weighted by Gasteiger charge is 2.31. The molecule has 0 aliphatic heterocycles. The molecule has 2 atom stereocenters. The molecule has 2 N–H and O–H groups in total. The van der Waals surface area contributed by atoms with Crippen molar-refractivity contribution in [1.29, 1.82) is 0 Å². The maximum atomic E-state index is 12.7. The fourth-order valence-electron chi connectivity index (χ4n) is 3.23. The molecule has 0 bridgehead atoms. The summed E-state index contributed by atoms with van der Waals surface area (Å²) in [5, 5.41) is 0.708. The molecule has 8 heteroatoms. The maximum Gasteiger partial charge on any atom is 0.393 e. The van der Waals surface area contributed by atoms with E-state index in [1.807, 2.05) is 14.0 Å². The van der Waals surface area contributed by atoms with Crippen LogP contribution in [0.2, 0.25) is 0 Å². The molecule has 2 aromatic heterocycles. The Balaban J connectivity index is 2.01. The zero-order valence-electron chi connectivity index (χ0n) is 13.7. The van der Waals surface area contributed by atoms with E-state index in [2.05, 4.69) is 14.9 Å². The van der Waals surface area contributed by atoms with Gasteiger partial charge < -0.3 is 10.6 Å². The average molecular weight is 358 g/mol. The van der Waals surface area contributed by atoms with Gasteiger partial charge in [-0.3, -0.25) is 0 Å². The van der Waals surface area contributed by atoms with Crippen molar-refractivity contribution in [3.8, 4) is 0 Å². The number of nitrogens with two attached hydrogens (primary N) is 1. The zero-order chi connectivity index (χ0) is 17.5. The van der Waals surface area contributed by atoms with Crippen molar-refractivity contribution in [2.45, 2.75) is 57.3 Å². The topological polar surface area (TPSA) is 55.0 Å². The first-order valence-electron chi connectivity index (χ1n) is 8.11. The molecule has 1 fully saturated rings. The number of alkyl halides is 3. The molecule has 0 spiro atoms. The summed E-state index contributed by atoms with van der Waals surface area (Å²) in [5.74, 6) is 1.38. The monoisotopic (exact) mass is 358 g/mol. The quantitative estimate of drug-likeness (QED) is 0.906. The third-order valence-electron chi connectivity index (χ3n) is 4.49. The van der Waals surface area contributed by atoms with Crippen LogP contribution in [0.1, 0.15) is 36.9 Å². The number of halogens is 3. The molecule has 0 saturated heterocycles. The second-order valence-corrected chi connectivity index (χ2v) is 7.49. The summed E-state index contributed by atoms with van der Waals surface area (Å²) in [5.41, 5.74) is 6.00. The standard InChI is InChI=1S/C16H21F3N4S/c1-3-13-21-14(23(2)10-5-4-9(20)6-10)12-7-11(8-16(17,18)19)24-15(12)22-13/h7,9-10H,3-6,8,20H2,1-2H3/t9-,10+/m0/s1. The van der Waals surface area contributed by atoms with Gasteiger partial charge in [0.2, 0.25) is 0 Å². The van der Waals surface area contributed by atoms with E-state index in [4.69, 9.17) is 5.73 Å². The van der Waals surface area contributed by atoms with E-state index >= 15 is 0 Å². The van der Waals surface area contributed by atoms with Gasteiger partial charge in [-0.25, -0.2) is 9.97 Å². The summed E-state index contributed by atoms with van der Waals surface area (Å²) in [4.78, 5) is 12.0. The predicted octanol–water partition coefficient (Wildman–Crippen LogP) is 3.67. The number of hydrogen-bond donors (Lipinski definition) is 1. The zero-order valence-corrected chi connectivity index (χ0v) is 14.5. The van der Waals surface area contributed by atoms with Crippen molar-refractivity contribution in [2.75, 3.05) is 11.9 Å². The third-order valence-corrected chi connectivity index (χ3v) is 5.52. The molecule has 2 aromatic rings. The molecule has 4 nitrogen and oxygen atoms in total. The van der Waals surface area contributed by atoms with E-state index in [0.717, 1.165) is 36.4 Å². The summed E-state index contributed by atoms with van der Waals surface area (Å²) < 4.78 is 38.1. The van der Waals surface area contributed by atoms with E-state index in [0.29, 0.717) is 22.5 Å². The Morgan fingerprint density at radius 1 is 1.33 bits per heavy atom. The Kier molecular flexibility index (Phi) is 4.70. The Morgan fingerprint density at radius 2 is 2.08 bits per heavy atom. The molecular formula is C16H21F3N4S. The van der Waals surface area contributed by atoms with Gasteiger partial charge in [-0.05, 0) is 25.3 Å². The van der Waals surface area contributed by atoms with Crippen molar-refractivity contribution in [3.63, 3.8) is 0 Å². The van der Waals surface area contributed by atoms with Crippen LogP contribution >= 0.6 is 11.3 Å². The lowest BCUT2D eigenvalue weighted by Crippen LogP contribution is -2.32. The summed E-state index contributed by atoms with van der Waals surface area (Å²) in [6.45, 7) is 1.95. The first-order chi connectivity index (χ1) is 11.3. The highest BCUT2D eigenvalue weighted by atomic mass is 32.1. The molecule has 2 heterocycles. The van der Waals surface area contributed by atoms with Crippen molar-refractivity contribution in [1.82, 2.24) is 9.97 Å². The van der Waals surface area contributed by atoms with E-state index in [1.165, 1.54) is 0 Å². The minimum Gasteiger partial charge on any atom is -0.356 e. The molecule has 1 saturated carbocycles. The minimum absolute atomic E-state index is 0.184. The van der Waals surface area contributed by atoms with Crippen LogP contribution in [0, 0.1) is 0 Å². The Labute approximate surface area is 142 Å². The highest BCUT2D eigenvalue weighted by molar-refractivity contribution is 7.18. The van der Waals surface area contributed by atoms with Crippen LogP contribution in [-0.2, 0) is 12.8 Å². The molecule has 0 aromatic carbocycles. The SMILES string of the molecule is CCc1nc(N(C)[C@@H]2CC[C@H](N)C2)c2cc(CC(F)(F)F)sc2n1. The van der Waals surface area contributed by atoms with Gasteiger partial charge in [0.05, 0.1) is 11.8 Å². The van der Waals surface area contributed by atoms with Gasteiger partial charge in [-0.15, -0.1) is 11.3 Å². The second kappa shape index (κ2) is 6.48. The smallest absolute Gasteiger partial charge is 0.356 e. The molecule has 3 rings (SSSR count). The van der Waals surface area contributed by atoms with Crippen molar-refractivity contribution in [3.05, 3.63) is 16.8 Å². The number of hydrogen-bond acceptors (Lipinski definition) is 5. The summed E-state index contributed by atoms with van der Waals surface area (Å²) >= 11 is 1.11. The van der Waals surface area contributed by atoms with E-state index < -0.39 is 12.6 Å². The van der Waals surface area contributed by atoms with Crippen LogP contribution in [0.4, 0.5) is 19.0 Å². The van der Waals surface area contributed by atoms with Crippen LogP contribution in [0.3, 0.4) is 0 Å². The fraction of sp³-hybridized carbons (Fsp3) is 0.625.